The number of amides is 1. The van der Waals surface area contributed by atoms with Crippen molar-refractivity contribution in [3.63, 3.8) is 0 Å². The van der Waals surface area contributed by atoms with Crippen molar-refractivity contribution in [2.75, 3.05) is 23.8 Å². The number of carbonyl (C=O) groups excluding carboxylic acids is 1. The number of carbonyl (C=O) groups is 1. The summed E-state index contributed by atoms with van der Waals surface area (Å²) in [6.45, 7) is 6.45. The Morgan fingerprint density at radius 1 is 1.18 bits per heavy atom. The summed E-state index contributed by atoms with van der Waals surface area (Å²) in [6, 6.07) is 6.59. The average Bonchev–Trinajstić information content (AvgIpc) is 3.18. The third-order valence-corrected chi connectivity index (χ3v) is 6.75. The quantitative estimate of drug-likeness (QED) is 0.489. The Bertz CT molecular complexity index is 1090. The number of nitrogens with zero attached hydrogens (tertiary/aromatic N) is 4. The van der Waals surface area contributed by atoms with Crippen molar-refractivity contribution in [2.24, 2.45) is 0 Å². The van der Waals surface area contributed by atoms with E-state index in [-0.39, 0.29) is 29.8 Å². The van der Waals surface area contributed by atoms with E-state index in [0.717, 1.165) is 35.0 Å². The van der Waals surface area contributed by atoms with Crippen molar-refractivity contribution < 1.29 is 9.18 Å². The minimum Gasteiger partial charge on any atom is -0.364 e. The lowest BCUT2D eigenvalue weighted by Crippen LogP contribution is -2.41. The molecular formula is C24H33FN6OS. The van der Waals surface area contributed by atoms with Crippen LogP contribution in [-0.4, -0.2) is 45.7 Å². The maximum Gasteiger partial charge on any atom is 0.239 e. The largest absolute Gasteiger partial charge is 0.364 e. The monoisotopic (exact) mass is 472 g/mol. The average molecular weight is 473 g/mol. The van der Waals surface area contributed by atoms with Crippen LogP contribution >= 0.6 is 11.3 Å². The highest BCUT2D eigenvalue weighted by atomic mass is 32.1. The molecule has 0 aliphatic heterocycles. The zero-order valence-corrected chi connectivity index (χ0v) is 20.6. The molecule has 2 N–H and O–H groups in total. The van der Waals surface area contributed by atoms with Crippen molar-refractivity contribution in [3.05, 3.63) is 30.1 Å². The maximum absolute atomic E-state index is 13.4. The molecule has 0 radical (unpaired) electrons. The van der Waals surface area contributed by atoms with E-state index < -0.39 is 0 Å². The minimum absolute atomic E-state index is 0.0253. The number of likely N-dealkylation sites (N-methyl/N-ethyl adjacent to an activating group) is 1. The Labute approximate surface area is 198 Å². The fourth-order valence-corrected chi connectivity index (χ4v) is 5.01. The van der Waals surface area contributed by atoms with Gasteiger partial charge in [-0.15, -0.1) is 5.10 Å². The van der Waals surface area contributed by atoms with Crippen molar-refractivity contribution in [1.29, 1.82) is 0 Å². The third kappa shape index (κ3) is 5.82. The predicted molar refractivity (Wildman–Crippen MR) is 133 cm³/mol. The Kier molecular flexibility index (Phi) is 6.88. The molecule has 9 heteroatoms. The molecule has 3 aromatic rings. The number of aromatic nitrogens is 3. The molecule has 1 aliphatic carbocycles. The van der Waals surface area contributed by atoms with Gasteiger partial charge in [-0.3, -0.25) is 4.79 Å². The second-order valence-electron chi connectivity index (χ2n) is 9.88. The summed E-state index contributed by atoms with van der Waals surface area (Å²) in [5.74, 6) is 0.495. The van der Waals surface area contributed by atoms with E-state index in [1.165, 1.54) is 49.2 Å². The first-order valence-corrected chi connectivity index (χ1v) is 12.5. The number of hydrogen-bond donors (Lipinski definition) is 2. The van der Waals surface area contributed by atoms with Gasteiger partial charge in [-0.05, 0) is 57.9 Å². The fourth-order valence-electron chi connectivity index (χ4n) is 4.15. The minimum atomic E-state index is -0.283. The first kappa shape index (κ1) is 23.5. The molecular weight excluding hydrogens is 439 g/mol. The van der Waals surface area contributed by atoms with Gasteiger partial charge in [0, 0.05) is 24.2 Å². The number of benzene rings is 1. The molecule has 178 valence electrons. The molecule has 1 aliphatic rings. The van der Waals surface area contributed by atoms with E-state index in [0.29, 0.717) is 4.96 Å². The second-order valence-corrected chi connectivity index (χ2v) is 10.8. The van der Waals surface area contributed by atoms with Crippen molar-refractivity contribution in [2.45, 2.75) is 70.9 Å². The second kappa shape index (κ2) is 9.67. The molecule has 33 heavy (non-hydrogen) atoms. The number of rotatable bonds is 6. The smallest absolute Gasteiger partial charge is 0.239 e. The SMILES string of the molecule is CN(CC(=O)NC1CCCCCC1)c1nn2c(NC(C)(C)C)c(-c3ccc(F)cc3)nc2s1. The summed E-state index contributed by atoms with van der Waals surface area (Å²) in [7, 11) is 1.88. The Hall–Kier alpha value is -2.68. The van der Waals surface area contributed by atoms with Crippen LogP contribution in [0.5, 0.6) is 0 Å². The first-order valence-electron chi connectivity index (χ1n) is 11.6. The zero-order valence-electron chi connectivity index (χ0n) is 19.8. The lowest BCUT2D eigenvalue weighted by atomic mass is 10.1. The topological polar surface area (TPSA) is 74.6 Å². The van der Waals surface area contributed by atoms with E-state index in [2.05, 4.69) is 31.4 Å². The predicted octanol–water partition coefficient (Wildman–Crippen LogP) is 5.08. The van der Waals surface area contributed by atoms with Crippen LogP contribution in [0, 0.1) is 5.82 Å². The van der Waals surface area contributed by atoms with Gasteiger partial charge in [0.2, 0.25) is 16.0 Å². The van der Waals surface area contributed by atoms with Crippen molar-refractivity contribution in [1.82, 2.24) is 19.9 Å². The summed E-state index contributed by atoms with van der Waals surface area (Å²) >= 11 is 1.43. The highest BCUT2D eigenvalue weighted by Gasteiger charge is 2.24. The third-order valence-electron chi connectivity index (χ3n) is 5.73. The van der Waals surface area contributed by atoms with Gasteiger partial charge in [0.05, 0.1) is 6.54 Å². The van der Waals surface area contributed by atoms with E-state index in [4.69, 9.17) is 10.1 Å². The van der Waals surface area contributed by atoms with E-state index >= 15 is 0 Å². The van der Waals surface area contributed by atoms with Gasteiger partial charge in [0.15, 0.2) is 5.82 Å². The Balaban J connectivity index is 1.55. The molecule has 2 heterocycles. The zero-order chi connectivity index (χ0) is 23.6. The lowest BCUT2D eigenvalue weighted by molar-refractivity contribution is -0.120. The highest BCUT2D eigenvalue weighted by molar-refractivity contribution is 7.20. The molecule has 1 aromatic carbocycles. The number of imidazole rings is 1. The first-order chi connectivity index (χ1) is 15.7. The lowest BCUT2D eigenvalue weighted by Gasteiger charge is -2.22. The fraction of sp³-hybridized carbons (Fsp3) is 0.542. The summed E-state index contributed by atoms with van der Waals surface area (Å²) in [4.78, 5) is 20.0. The number of anilines is 2. The molecule has 0 atom stereocenters. The summed E-state index contributed by atoms with van der Waals surface area (Å²) in [5, 5.41) is 12.2. The molecule has 1 amide bonds. The van der Waals surface area contributed by atoms with Crippen LogP contribution in [0.25, 0.3) is 16.2 Å². The van der Waals surface area contributed by atoms with E-state index in [9.17, 15) is 9.18 Å². The normalized spacial score (nSPS) is 15.4. The van der Waals surface area contributed by atoms with Crippen LogP contribution < -0.4 is 15.5 Å². The molecule has 1 fully saturated rings. The van der Waals surface area contributed by atoms with Gasteiger partial charge in [0.1, 0.15) is 11.5 Å². The number of fused-ring (bicyclic) bond motifs is 1. The van der Waals surface area contributed by atoms with Crippen LogP contribution in [0.2, 0.25) is 0 Å². The van der Waals surface area contributed by atoms with Gasteiger partial charge in [0.25, 0.3) is 0 Å². The summed E-state index contributed by atoms with van der Waals surface area (Å²) in [6.07, 6.45) is 7.02. The van der Waals surface area contributed by atoms with E-state index in [1.807, 2.05) is 11.9 Å². The highest BCUT2D eigenvalue weighted by Crippen LogP contribution is 2.34. The van der Waals surface area contributed by atoms with Crippen LogP contribution in [0.15, 0.2) is 24.3 Å². The molecule has 2 aromatic heterocycles. The Morgan fingerprint density at radius 3 is 2.48 bits per heavy atom. The van der Waals surface area contributed by atoms with Crippen LogP contribution in [0.4, 0.5) is 15.3 Å². The van der Waals surface area contributed by atoms with Gasteiger partial charge in [-0.25, -0.2) is 9.37 Å². The number of hydrogen-bond acceptors (Lipinski definition) is 6. The summed E-state index contributed by atoms with van der Waals surface area (Å²) in [5.41, 5.74) is 1.32. The number of halogens is 1. The van der Waals surface area contributed by atoms with Gasteiger partial charge in [-0.1, -0.05) is 37.0 Å². The molecule has 1 saturated carbocycles. The van der Waals surface area contributed by atoms with E-state index in [1.54, 1.807) is 16.6 Å². The maximum atomic E-state index is 13.4. The molecule has 0 spiro atoms. The molecule has 4 rings (SSSR count). The summed E-state index contributed by atoms with van der Waals surface area (Å²) < 4.78 is 15.2. The standard InChI is InChI=1S/C24H33FN6OS/c1-24(2,3)28-21-20(16-11-13-17(25)14-12-16)27-22-31(21)29-23(33-22)30(4)15-19(32)26-18-9-7-5-6-8-10-18/h11-14,18,28H,5-10,15H2,1-4H3,(H,26,32). The molecule has 0 unspecified atom stereocenters. The van der Waals surface area contributed by atoms with Crippen LogP contribution in [0.3, 0.4) is 0 Å². The molecule has 7 nitrogen and oxygen atoms in total. The Morgan fingerprint density at radius 2 is 1.85 bits per heavy atom. The van der Waals surface area contributed by atoms with Gasteiger partial charge >= 0.3 is 0 Å². The van der Waals surface area contributed by atoms with Crippen LogP contribution in [-0.2, 0) is 4.79 Å². The van der Waals surface area contributed by atoms with Crippen molar-refractivity contribution in [3.8, 4) is 11.3 Å². The van der Waals surface area contributed by atoms with Crippen molar-refractivity contribution >= 4 is 33.2 Å². The number of nitrogens with one attached hydrogen (secondary N) is 2. The molecule has 0 saturated heterocycles. The van der Waals surface area contributed by atoms with Crippen LogP contribution in [0.1, 0.15) is 59.3 Å². The van der Waals surface area contributed by atoms with Gasteiger partial charge in [-0.2, -0.15) is 4.52 Å². The molecule has 0 bridgehead atoms. The van der Waals surface area contributed by atoms with Gasteiger partial charge < -0.3 is 15.5 Å².